The van der Waals surface area contributed by atoms with Gasteiger partial charge in [-0.1, -0.05) is 36.4 Å². The molecule has 1 aliphatic rings. The maximum Gasteiger partial charge on any atom is 0.416 e. The average Bonchev–Trinajstić information content (AvgIpc) is 2.97. The molecule has 1 unspecified atom stereocenters. The molecule has 2 N–H and O–H groups in total. The second-order valence-corrected chi connectivity index (χ2v) is 10.3. The quantitative estimate of drug-likeness (QED) is 0.428. The molecule has 0 fully saturated rings. The molecule has 1 aliphatic heterocycles. The zero-order valence-corrected chi connectivity index (χ0v) is 17.3. The van der Waals surface area contributed by atoms with Gasteiger partial charge in [0.1, 0.15) is 12.4 Å². The van der Waals surface area contributed by atoms with Crippen LogP contribution < -0.4 is 4.74 Å². The van der Waals surface area contributed by atoms with E-state index in [1.807, 2.05) is 30.3 Å². The van der Waals surface area contributed by atoms with E-state index in [2.05, 4.69) is 0 Å². The molecule has 3 aromatic rings. The van der Waals surface area contributed by atoms with Crippen molar-refractivity contribution in [2.75, 3.05) is 5.75 Å². The first-order valence-electron chi connectivity index (χ1n) is 9.13. The van der Waals surface area contributed by atoms with Crippen LogP contribution in [0.1, 0.15) is 21.9 Å². The molecule has 1 heterocycles. The third-order valence-corrected chi connectivity index (χ3v) is 8.08. The number of thioether (sulfide) groups is 1. The van der Waals surface area contributed by atoms with Gasteiger partial charge in [-0.25, -0.2) is 0 Å². The third-order valence-electron chi connectivity index (χ3n) is 4.78. The van der Waals surface area contributed by atoms with Gasteiger partial charge in [0.15, 0.2) is 0 Å². The molecular formula is C22H19F3O3S2. The van der Waals surface area contributed by atoms with Gasteiger partial charge < -0.3 is 4.74 Å². The molecule has 0 bridgehead atoms. The Kier molecular flexibility index (Phi) is 5.76. The Morgan fingerprint density at radius 1 is 0.933 bits per heavy atom. The summed E-state index contributed by atoms with van der Waals surface area (Å²) in [5.74, 6) is 0.709. The Labute approximate surface area is 178 Å². The van der Waals surface area contributed by atoms with Crippen molar-refractivity contribution < 1.29 is 27.0 Å². The highest BCUT2D eigenvalue weighted by Crippen LogP contribution is 2.64. The summed E-state index contributed by atoms with van der Waals surface area (Å²) >= 11 is 1.53. The number of hydrogen-bond donors (Lipinski definition) is 2. The molecule has 30 heavy (non-hydrogen) atoms. The molecule has 1 atom stereocenters. The molecule has 0 amide bonds. The van der Waals surface area contributed by atoms with E-state index in [0.717, 1.165) is 22.6 Å². The minimum atomic E-state index is -4.38. The van der Waals surface area contributed by atoms with Crippen molar-refractivity contribution in [2.45, 2.75) is 27.8 Å². The maximum atomic E-state index is 12.7. The summed E-state index contributed by atoms with van der Waals surface area (Å²) in [4.78, 5) is 1.48. The fourth-order valence-electron chi connectivity index (χ4n) is 3.34. The minimum Gasteiger partial charge on any atom is -0.489 e. The van der Waals surface area contributed by atoms with E-state index in [4.69, 9.17) is 4.74 Å². The largest absolute Gasteiger partial charge is 0.489 e. The van der Waals surface area contributed by atoms with Crippen LogP contribution in [-0.2, 0) is 12.8 Å². The van der Waals surface area contributed by atoms with Gasteiger partial charge in [-0.05, 0) is 42.0 Å². The Morgan fingerprint density at radius 2 is 1.63 bits per heavy atom. The Bertz CT molecular complexity index is 1020. The molecule has 3 aromatic carbocycles. The molecule has 0 spiro atoms. The van der Waals surface area contributed by atoms with Crippen LogP contribution in [-0.4, -0.2) is 14.9 Å². The molecule has 0 aliphatic carbocycles. The van der Waals surface area contributed by atoms with Gasteiger partial charge in [-0.15, -0.1) is 11.8 Å². The summed E-state index contributed by atoms with van der Waals surface area (Å²) in [6.45, 7) is 0.0799. The van der Waals surface area contributed by atoms with E-state index in [1.165, 1.54) is 23.9 Å². The van der Waals surface area contributed by atoms with Gasteiger partial charge in [-0.2, -0.15) is 23.8 Å². The van der Waals surface area contributed by atoms with Crippen molar-refractivity contribution >= 4 is 22.4 Å². The number of ether oxygens (including phenoxy) is 1. The Balaban J connectivity index is 1.57. The minimum absolute atomic E-state index is 0.0799. The van der Waals surface area contributed by atoms with E-state index < -0.39 is 22.3 Å². The van der Waals surface area contributed by atoms with Crippen molar-refractivity contribution in [1.82, 2.24) is 0 Å². The van der Waals surface area contributed by atoms with Crippen molar-refractivity contribution in [1.29, 1.82) is 0 Å². The van der Waals surface area contributed by atoms with Crippen LogP contribution >= 0.6 is 22.4 Å². The van der Waals surface area contributed by atoms with E-state index in [0.29, 0.717) is 16.2 Å². The zero-order valence-electron chi connectivity index (χ0n) is 15.7. The first kappa shape index (κ1) is 21.1. The summed E-state index contributed by atoms with van der Waals surface area (Å²) < 4.78 is 65.3. The highest BCUT2D eigenvalue weighted by atomic mass is 32.3. The predicted octanol–water partition coefficient (Wildman–Crippen LogP) is 7.24. The molecule has 0 radical (unpaired) electrons. The second-order valence-electron chi connectivity index (χ2n) is 6.90. The fraction of sp³-hybridized carbons (Fsp3) is 0.182. The topological polar surface area (TPSA) is 49.7 Å². The van der Waals surface area contributed by atoms with E-state index in [1.54, 1.807) is 18.2 Å². The van der Waals surface area contributed by atoms with Crippen LogP contribution in [0, 0.1) is 0 Å². The molecule has 0 saturated carbocycles. The van der Waals surface area contributed by atoms with E-state index in [-0.39, 0.29) is 17.6 Å². The lowest BCUT2D eigenvalue weighted by Gasteiger charge is -2.27. The molecule has 0 saturated heterocycles. The number of fused-ring (bicyclic) bond motifs is 1. The molecular weight excluding hydrogens is 433 g/mol. The Morgan fingerprint density at radius 3 is 2.30 bits per heavy atom. The van der Waals surface area contributed by atoms with Gasteiger partial charge in [0, 0.05) is 10.5 Å². The lowest BCUT2D eigenvalue weighted by molar-refractivity contribution is -0.137. The van der Waals surface area contributed by atoms with E-state index in [9.17, 15) is 22.3 Å². The molecule has 0 aromatic heterocycles. The van der Waals surface area contributed by atoms with Crippen molar-refractivity contribution in [3.8, 4) is 5.75 Å². The third kappa shape index (κ3) is 4.46. The van der Waals surface area contributed by atoms with Crippen LogP contribution in [0.4, 0.5) is 13.2 Å². The normalized spacial score (nSPS) is 18.6. The van der Waals surface area contributed by atoms with Gasteiger partial charge in [0.2, 0.25) is 0 Å². The number of halogens is 3. The summed E-state index contributed by atoms with van der Waals surface area (Å²) in [5, 5.41) is -0.198. The van der Waals surface area contributed by atoms with E-state index >= 15 is 0 Å². The van der Waals surface area contributed by atoms with Gasteiger partial charge in [0.05, 0.1) is 21.5 Å². The van der Waals surface area contributed by atoms with Gasteiger partial charge in [-0.3, -0.25) is 9.11 Å². The summed E-state index contributed by atoms with van der Waals surface area (Å²) in [6, 6.07) is 19.6. The fourth-order valence-corrected chi connectivity index (χ4v) is 6.92. The summed E-state index contributed by atoms with van der Waals surface area (Å²) in [7, 11) is -2.93. The average molecular weight is 453 g/mol. The zero-order chi connectivity index (χ0) is 21.4. The lowest BCUT2D eigenvalue weighted by Crippen LogP contribution is -2.05. The molecule has 3 nitrogen and oxygen atoms in total. The standard InChI is InChI=1S/C22H19F3O3S2/c23-22(24,25)16-11-9-15(10-12-16)13-28-18-7-4-8-20-21(18)19(14-30(20,26)27)29-17-5-2-1-3-6-17/h1-12,19,26-27H,13-14H2. The van der Waals surface area contributed by atoms with Crippen molar-refractivity contribution in [3.63, 3.8) is 0 Å². The maximum absolute atomic E-state index is 12.7. The van der Waals surface area contributed by atoms with Crippen LogP contribution in [0.25, 0.3) is 0 Å². The lowest BCUT2D eigenvalue weighted by atomic mass is 10.1. The first-order chi connectivity index (χ1) is 14.2. The first-order valence-corrected chi connectivity index (χ1v) is 11.7. The number of rotatable bonds is 5. The Hall–Kier alpha value is -2.13. The molecule has 158 valence electrons. The predicted molar refractivity (Wildman–Crippen MR) is 113 cm³/mol. The molecule has 4 rings (SSSR count). The van der Waals surface area contributed by atoms with Gasteiger partial charge >= 0.3 is 6.18 Å². The van der Waals surface area contributed by atoms with Crippen LogP contribution in [0.5, 0.6) is 5.75 Å². The SMILES string of the molecule is OS1(O)CC(Sc2ccccc2)c2c(OCc3ccc(C(F)(F)F)cc3)cccc21. The highest BCUT2D eigenvalue weighted by Gasteiger charge is 2.38. The number of alkyl halides is 3. The highest BCUT2D eigenvalue weighted by molar-refractivity contribution is 8.25. The van der Waals surface area contributed by atoms with Crippen LogP contribution in [0.2, 0.25) is 0 Å². The van der Waals surface area contributed by atoms with Crippen molar-refractivity contribution in [2.24, 2.45) is 0 Å². The summed E-state index contributed by atoms with van der Waals surface area (Å²) in [6.07, 6.45) is -4.38. The van der Waals surface area contributed by atoms with Gasteiger partial charge in [0.25, 0.3) is 0 Å². The van der Waals surface area contributed by atoms with Crippen LogP contribution in [0.15, 0.2) is 82.6 Å². The number of hydrogen-bond acceptors (Lipinski definition) is 4. The monoisotopic (exact) mass is 452 g/mol. The smallest absolute Gasteiger partial charge is 0.416 e. The number of benzene rings is 3. The van der Waals surface area contributed by atoms with Crippen LogP contribution in [0.3, 0.4) is 0 Å². The van der Waals surface area contributed by atoms with Crippen molar-refractivity contribution in [3.05, 3.63) is 89.5 Å². The summed E-state index contributed by atoms with van der Waals surface area (Å²) in [5.41, 5.74) is 0.621. The molecule has 8 heteroatoms. The second kappa shape index (κ2) is 8.19.